The third-order valence-corrected chi connectivity index (χ3v) is 4.13. The van der Waals surface area contributed by atoms with Gasteiger partial charge in [-0.05, 0) is 43.2 Å². The zero-order chi connectivity index (χ0) is 16.0. The second kappa shape index (κ2) is 4.98. The molecule has 0 spiro atoms. The summed E-state index contributed by atoms with van der Waals surface area (Å²) in [6.45, 7) is 3.39. The van der Waals surface area contributed by atoms with E-state index in [-0.39, 0.29) is 11.5 Å². The quantitative estimate of drug-likeness (QED) is 0.815. The highest BCUT2D eigenvalue weighted by molar-refractivity contribution is 6.03. The average molecular weight is 302 g/mol. The maximum atomic E-state index is 13.4. The molecule has 0 saturated heterocycles. The molecule has 1 aliphatic heterocycles. The summed E-state index contributed by atoms with van der Waals surface area (Å²) in [6, 6.07) is 4.19. The standard InChI is InChI=1S/C16H15FN2O3/c1-7-13(18-8(2)14(7)16(21)22)6-11-10-5-9(17)3-4-12(10)19-15(11)20/h3-5,11,18H,6H2,1-2H3,(H,19,20)(H,21,22). The molecule has 114 valence electrons. The number of anilines is 1. The van der Waals surface area contributed by atoms with Crippen LogP contribution >= 0.6 is 0 Å². The Labute approximate surface area is 126 Å². The zero-order valence-electron chi connectivity index (χ0n) is 12.2. The number of amides is 1. The number of nitrogens with one attached hydrogen (secondary N) is 2. The highest BCUT2D eigenvalue weighted by Crippen LogP contribution is 2.36. The van der Waals surface area contributed by atoms with E-state index in [1.165, 1.54) is 18.2 Å². The maximum Gasteiger partial charge on any atom is 0.337 e. The van der Waals surface area contributed by atoms with Gasteiger partial charge >= 0.3 is 5.97 Å². The van der Waals surface area contributed by atoms with Crippen LogP contribution in [0.15, 0.2) is 18.2 Å². The van der Waals surface area contributed by atoms with E-state index in [9.17, 15) is 19.1 Å². The van der Waals surface area contributed by atoms with Crippen LogP contribution in [0, 0.1) is 19.7 Å². The number of carbonyl (C=O) groups excluding carboxylic acids is 1. The van der Waals surface area contributed by atoms with Crippen molar-refractivity contribution in [2.45, 2.75) is 26.2 Å². The summed E-state index contributed by atoms with van der Waals surface area (Å²) in [5.41, 5.74) is 3.30. The fraction of sp³-hybridized carbons (Fsp3) is 0.250. The van der Waals surface area contributed by atoms with Crippen molar-refractivity contribution in [3.63, 3.8) is 0 Å². The molecule has 1 unspecified atom stereocenters. The molecule has 3 N–H and O–H groups in total. The van der Waals surface area contributed by atoms with Crippen molar-refractivity contribution in [3.05, 3.63) is 52.1 Å². The van der Waals surface area contributed by atoms with Crippen LogP contribution in [0.1, 0.15) is 38.8 Å². The van der Waals surface area contributed by atoms with E-state index in [0.29, 0.717) is 34.6 Å². The van der Waals surface area contributed by atoms with Gasteiger partial charge in [0.2, 0.25) is 5.91 Å². The summed E-state index contributed by atoms with van der Waals surface area (Å²) < 4.78 is 13.4. The SMILES string of the molecule is Cc1[nH]c(CC2C(=O)Nc3ccc(F)cc32)c(C)c1C(=O)O. The predicted octanol–water partition coefficient (Wildman–Crippen LogP) is 2.75. The molecular formula is C16H15FN2O3. The van der Waals surface area contributed by atoms with Crippen molar-refractivity contribution in [1.29, 1.82) is 0 Å². The molecule has 22 heavy (non-hydrogen) atoms. The number of aromatic carboxylic acids is 1. The Morgan fingerprint density at radius 2 is 2.09 bits per heavy atom. The van der Waals surface area contributed by atoms with E-state index >= 15 is 0 Å². The van der Waals surface area contributed by atoms with Gasteiger partial charge in [0.25, 0.3) is 0 Å². The molecule has 2 aromatic rings. The van der Waals surface area contributed by atoms with Gasteiger partial charge in [-0.3, -0.25) is 4.79 Å². The largest absolute Gasteiger partial charge is 0.478 e. The lowest BCUT2D eigenvalue weighted by Gasteiger charge is -2.09. The number of hydrogen-bond donors (Lipinski definition) is 3. The number of aromatic amines is 1. The molecule has 1 amide bonds. The smallest absolute Gasteiger partial charge is 0.337 e. The van der Waals surface area contributed by atoms with Crippen LogP contribution in [0.4, 0.5) is 10.1 Å². The fourth-order valence-corrected chi connectivity index (χ4v) is 3.04. The number of hydrogen-bond acceptors (Lipinski definition) is 2. The number of carboxylic acids is 1. The van der Waals surface area contributed by atoms with Gasteiger partial charge < -0.3 is 15.4 Å². The van der Waals surface area contributed by atoms with Gasteiger partial charge in [-0.1, -0.05) is 0 Å². The number of H-pyrrole nitrogens is 1. The first-order chi connectivity index (χ1) is 10.4. The molecule has 2 heterocycles. The van der Waals surface area contributed by atoms with Gasteiger partial charge in [-0.2, -0.15) is 0 Å². The first-order valence-electron chi connectivity index (χ1n) is 6.90. The molecule has 3 rings (SSSR count). The number of carboxylic acid groups (broad SMARTS) is 1. The molecule has 0 fully saturated rings. The average Bonchev–Trinajstić information content (AvgIpc) is 2.88. The van der Waals surface area contributed by atoms with E-state index in [0.717, 1.165) is 0 Å². The Morgan fingerprint density at radius 3 is 2.73 bits per heavy atom. The summed E-state index contributed by atoms with van der Waals surface area (Å²) in [7, 11) is 0. The van der Waals surface area contributed by atoms with Gasteiger partial charge in [0.05, 0.1) is 11.5 Å². The fourth-order valence-electron chi connectivity index (χ4n) is 3.04. The first-order valence-corrected chi connectivity index (χ1v) is 6.90. The molecule has 0 bridgehead atoms. The Kier molecular flexibility index (Phi) is 3.24. The summed E-state index contributed by atoms with van der Waals surface area (Å²) in [5, 5.41) is 11.9. The Morgan fingerprint density at radius 1 is 1.36 bits per heavy atom. The van der Waals surface area contributed by atoms with Crippen LogP contribution in [0.25, 0.3) is 0 Å². The van der Waals surface area contributed by atoms with E-state index in [4.69, 9.17) is 0 Å². The number of fused-ring (bicyclic) bond motifs is 1. The molecule has 1 aromatic heterocycles. The summed E-state index contributed by atoms with van der Waals surface area (Å²) in [5.74, 6) is -2.13. The number of aromatic nitrogens is 1. The minimum atomic E-state index is -1.00. The van der Waals surface area contributed by atoms with Crippen molar-refractivity contribution in [2.24, 2.45) is 0 Å². The molecule has 5 nitrogen and oxygen atoms in total. The van der Waals surface area contributed by atoms with E-state index in [1.54, 1.807) is 13.8 Å². The van der Waals surface area contributed by atoms with Crippen molar-refractivity contribution in [2.75, 3.05) is 5.32 Å². The third kappa shape index (κ3) is 2.16. The van der Waals surface area contributed by atoms with Crippen LogP contribution in [-0.2, 0) is 11.2 Å². The topological polar surface area (TPSA) is 82.2 Å². The second-order valence-corrected chi connectivity index (χ2v) is 5.51. The summed E-state index contributed by atoms with van der Waals surface area (Å²) in [6.07, 6.45) is 0.308. The molecule has 0 saturated carbocycles. The van der Waals surface area contributed by atoms with Gasteiger partial charge in [0.15, 0.2) is 0 Å². The molecule has 1 aromatic carbocycles. The molecule has 1 aliphatic rings. The molecule has 0 radical (unpaired) electrons. The van der Waals surface area contributed by atoms with Crippen LogP contribution in [0.5, 0.6) is 0 Å². The Hall–Kier alpha value is -2.63. The zero-order valence-corrected chi connectivity index (χ0v) is 12.2. The summed E-state index contributed by atoms with van der Waals surface area (Å²) in [4.78, 5) is 26.4. The number of carbonyl (C=O) groups is 2. The number of aryl methyl sites for hydroxylation is 1. The van der Waals surface area contributed by atoms with Gasteiger partial charge in [0, 0.05) is 23.5 Å². The maximum absolute atomic E-state index is 13.4. The molecule has 6 heteroatoms. The highest BCUT2D eigenvalue weighted by atomic mass is 19.1. The lowest BCUT2D eigenvalue weighted by atomic mass is 9.94. The van der Waals surface area contributed by atoms with Crippen LogP contribution < -0.4 is 5.32 Å². The summed E-state index contributed by atoms with van der Waals surface area (Å²) >= 11 is 0. The lowest BCUT2D eigenvalue weighted by Crippen LogP contribution is -2.15. The van der Waals surface area contributed by atoms with Gasteiger partial charge in [-0.15, -0.1) is 0 Å². The number of rotatable bonds is 3. The predicted molar refractivity (Wildman–Crippen MR) is 78.7 cm³/mol. The lowest BCUT2D eigenvalue weighted by molar-refractivity contribution is -0.117. The van der Waals surface area contributed by atoms with Gasteiger partial charge in [-0.25, -0.2) is 9.18 Å². The number of halogens is 1. The van der Waals surface area contributed by atoms with Crippen molar-refractivity contribution in [3.8, 4) is 0 Å². The molecule has 1 atom stereocenters. The highest BCUT2D eigenvalue weighted by Gasteiger charge is 2.32. The molecule has 0 aliphatic carbocycles. The monoisotopic (exact) mass is 302 g/mol. The Balaban J connectivity index is 1.98. The van der Waals surface area contributed by atoms with Crippen molar-refractivity contribution >= 4 is 17.6 Å². The van der Waals surface area contributed by atoms with Gasteiger partial charge in [0.1, 0.15) is 5.82 Å². The van der Waals surface area contributed by atoms with Crippen LogP contribution in [-0.4, -0.2) is 22.0 Å². The second-order valence-electron chi connectivity index (χ2n) is 5.51. The normalized spacial score (nSPS) is 16.5. The third-order valence-electron chi connectivity index (χ3n) is 4.13. The van der Waals surface area contributed by atoms with Crippen LogP contribution in [0.3, 0.4) is 0 Å². The van der Waals surface area contributed by atoms with E-state index in [1.807, 2.05) is 0 Å². The van der Waals surface area contributed by atoms with Crippen molar-refractivity contribution in [1.82, 2.24) is 4.98 Å². The van der Waals surface area contributed by atoms with E-state index < -0.39 is 17.7 Å². The number of benzene rings is 1. The minimum absolute atomic E-state index is 0.205. The van der Waals surface area contributed by atoms with Crippen LogP contribution in [0.2, 0.25) is 0 Å². The first kappa shape index (κ1) is 14.3. The minimum Gasteiger partial charge on any atom is -0.478 e. The van der Waals surface area contributed by atoms with Crippen molar-refractivity contribution < 1.29 is 19.1 Å². The Bertz CT molecular complexity index is 795. The van der Waals surface area contributed by atoms with E-state index in [2.05, 4.69) is 10.3 Å². The molecular weight excluding hydrogens is 287 g/mol.